The minimum Gasteiger partial charge on any atom is -0.347 e. The van der Waals surface area contributed by atoms with Crippen LogP contribution in [0.1, 0.15) is 24.5 Å². The smallest absolute Gasteiger partial charge is 0.243 e. The predicted octanol–water partition coefficient (Wildman–Crippen LogP) is 3.35. The first-order valence-electron chi connectivity index (χ1n) is 8.18. The van der Waals surface area contributed by atoms with Crippen molar-refractivity contribution >= 4 is 17.5 Å². The quantitative estimate of drug-likeness (QED) is 0.741. The molecule has 0 heterocycles. The van der Waals surface area contributed by atoms with Crippen LogP contribution in [0.15, 0.2) is 36.4 Å². The number of benzene rings is 2. The molecule has 138 valence electrons. The highest BCUT2D eigenvalue weighted by Crippen LogP contribution is 2.19. The molecule has 0 saturated heterocycles. The van der Waals surface area contributed by atoms with Crippen molar-refractivity contribution in [3.63, 3.8) is 0 Å². The van der Waals surface area contributed by atoms with E-state index in [1.807, 2.05) is 24.3 Å². The molecule has 2 aromatic rings. The zero-order valence-corrected chi connectivity index (χ0v) is 14.2. The number of carbonyl (C=O) groups is 2. The lowest BCUT2D eigenvalue weighted by atomic mass is 10.1. The summed E-state index contributed by atoms with van der Waals surface area (Å²) < 4.78 is 39.4. The van der Waals surface area contributed by atoms with Gasteiger partial charge in [-0.25, -0.2) is 13.2 Å². The first-order chi connectivity index (χ1) is 12.4. The Kier molecular flexibility index (Phi) is 6.77. The van der Waals surface area contributed by atoms with Crippen molar-refractivity contribution in [2.45, 2.75) is 26.2 Å². The summed E-state index contributed by atoms with van der Waals surface area (Å²) in [7, 11) is 0. The highest BCUT2D eigenvalue weighted by Gasteiger charge is 2.15. The summed E-state index contributed by atoms with van der Waals surface area (Å²) in [5.41, 5.74) is 1.73. The van der Waals surface area contributed by atoms with E-state index in [1.165, 1.54) is 5.56 Å². The fourth-order valence-electron chi connectivity index (χ4n) is 2.28. The van der Waals surface area contributed by atoms with Crippen LogP contribution in [0.2, 0.25) is 0 Å². The second-order valence-electron chi connectivity index (χ2n) is 5.72. The number of nitrogens with one attached hydrogen (secondary N) is 2. The van der Waals surface area contributed by atoms with Crippen molar-refractivity contribution < 1.29 is 22.8 Å². The number of anilines is 1. The van der Waals surface area contributed by atoms with Gasteiger partial charge in [0.1, 0.15) is 0 Å². The van der Waals surface area contributed by atoms with Gasteiger partial charge in [0.15, 0.2) is 17.5 Å². The fraction of sp³-hybridized carbons (Fsp3) is 0.263. The third-order valence-electron chi connectivity index (χ3n) is 3.83. The molecule has 2 rings (SSSR count). The molecule has 0 atom stereocenters. The van der Waals surface area contributed by atoms with Gasteiger partial charge in [-0.1, -0.05) is 31.2 Å². The minimum atomic E-state index is -1.67. The van der Waals surface area contributed by atoms with E-state index in [-0.39, 0.29) is 12.3 Å². The number of hydrogen-bond acceptors (Lipinski definition) is 2. The molecule has 2 N–H and O–H groups in total. The average molecular weight is 364 g/mol. The molecule has 2 aromatic carbocycles. The first-order valence-corrected chi connectivity index (χ1v) is 8.18. The average Bonchev–Trinajstić information content (AvgIpc) is 2.65. The summed E-state index contributed by atoms with van der Waals surface area (Å²) in [5, 5.41) is 4.48. The van der Waals surface area contributed by atoms with Crippen molar-refractivity contribution in [3.8, 4) is 0 Å². The van der Waals surface area contributed by atoms with Gasteiger partial charge in [0, 0.05) is 6.42 Å². The van der Waals surface area contributed by atoms with Gasteiger partial charge in [0.2, 0.25) is 11.8 Å². The second-order valence-corrected chi connectivity index (χ2v) is 5.72. The maximum Gasteiger partial charge on any atom is 0.243 e. The van der Waals surface area contributed by atoms with E-state index in [4.69, 9.17) is 0 Å². The van der Waals surface area contributed by atoms with Crippen LogP contribution in [0.4, 0.5) is 18.9 Å². The van der Waals surface area contributed by atoms with Crippen molar-refractivity contribution in [2.24, 2.45) is 0 Å². The number of rotatable bonds is 7. The molecule has 0 saturated carbocycles. The molecule has 26 heavy (non-hydrogen) atoms. The monoisotopic (exact) mass is 364 g/mol. The fourth-order valence-corrected chi connectivity index (χ4v) is 2.28. The predicted molar refractivity (Wildman–Crippen MR) is 92.1 cm³/mol. The maximum atomic E-state index is 13.5. The molecular weight excluding hydrogens is 345 g/mol. The third kappa shape index (κ3) is 5.34. The van der Waals surface area contributed by atoms with E-state index in [1.54, 1.807) is 0 Å². The molecule has 2 amide bonds. The lowest BCUT2D eigenvalue weighted by molar-refractivity contribution is -0.124. The van der Waals surface area contributed by atoms with Crippen LogP contribution in [0.25, 0.3) is 0 Å². The lowest BCUT2D eigenvalue weighted by Crippen LogP contribution is -2.33. The van der Waals surface area contributed by atoms with Gasteiger partial charge in [-0.2, -0.15) is 0 Å². The van der Waals surface area contributed by atoms with Gasteiger partial charge in [0.05, 0.1) is 12.2 Å². The van der Waals surface area contributed by atoms with E-state index >= 15 is 0 Å². The topological polar surface area (TPSA) is 58.2 Å². The van der Waals surface area contributed by atoms with E-state index in [9.17, 15) is 22.8 Å². The number of carbonyl (C=O) groups excluding carboxylic acids is 2. The summed E-state index contributed by atoms with van der Waals surface area (Å²) in [6.45, 7) is 1.66. The van der Waals surface area contributed by atoms with E-state index < -0.39 is 35.6 Å². The molecule has 0 aromatic heterocycles. The van der Waals surface area contributed by atoms with Crippen molar-refractivity contribution in [1.82, 2.24) is 5.32 Å². The molecule has 0 spiro atoms. The van der Waals surface area contributed by atoms with Crippen molar-refractivity contribution in [1.29, 1.82) is 0 Å². The number of aryl methyl sites for hydroxylation is 2. The molecule has 0 unspecified atom stereocenters. The Balaban J connectivity index is 1.77. The highest BCUT2D eigenvalue weighted by atomic mass is 19.2. The van der Waals surface area contributed by atoms with Crippen LogP contribution in [-0.2, 0) is 22.4 Å². The standard InChI is InChI=1S/C19H19F3N2O2/c1-2-12-3-5-13(6-4-12)7-10-16(25)23-11-17(26)24-15-9-8-14(20)18(21)19(15)22/h3-6,8-9H,2,7,10-11H2,1H3,(H,23,25)(H,24,26). The SMILES string of the molecule is CCc1ccc(CCC(=O)NCC(=O)Nc2ccc(F)c(F)c2F)cc1. The normalized spacial score (nSPS) is 10.5. The second kappa shape index (κ2) is 9.03. The molecule has 0 aliphatic rings. The molecule has 0 bridgehead atoms. The van der Waals surface area contributed by atoms with Gasteiger partial charge in [-0.05, 0) is 36.1 Å². The van der Waals surface area contributed by atoms with Crippen molar-refractivity contribution in [2.75, 3.05) is 11.9 Å². The number of halogens is 3. The minimum absolute atomic E-state index is 0.193. The van der Waals surface area contributed by atoms with Gasteiger partial charge >= 0.3 is 0 Å². The summed E-state index contributed by atoms with van der Waals surface area (Å²) >= 11 is 0. The largest absolute Gasteiger partial charge is 0.347 e. The van der Waals surface area contributed by atoms with E-state index in [2.05, 4.69) is 17.6 Å². The highest BCUT2D eigenvalue weighted by molar-refractivity contribution is 5.94. The summed E-state index contributed by atoms with van der Waals surface area (Å²) in [6, 6.07) is 9.51. The van der Waals surface area contributed by atoms with E-state index in [0.29, 0.717) is 12.5 Å². The van der Waals surface area contributed by atoms with Gasteiger partial charge in [-0.15, -0.1) is 0 Å². The Morgan fingerprint density at radius 2 is 1.54 bits per heavy atom. The van der Waals surface area contributed by atoms with Gasteiger partial charge < -0.3 is 10.6 Å². The van der Waals surface area contributed by atoms with Gasteiger partial charge in [-0.3, -0.25) is 9.59 Å². The Morgan fingerprint density at radius 1 is 0.885 bits per heavy atom. The Labute approximate surface area is 149 Å². The Morgan fingerprint density at radius 3 is 2.19 bits per heavy atom. The van der Waals surface area contributed by atoms with Crippen LogP contribution >= 0.6 is 0 Å². The Hall–Kier alpha value is -2.83. The van der Waals surface area contributed by atoms with Gasteiger partial charge in [0.25, 0.3) is 0 Å². The van der Waals surface area contributed by atoms with Crippen LogP contribution in [0, 0.1) is 17.5 Å². The van der Waals surface area contributed by atoms with Crippen LogP contribution in [0.5, 0.6) is 0 Å². The molecule has 0 aliphatic carbocycles. The number of amides is 2. The molecular formula is C19H19F3N2O2. The molecule has 0 radical (unpaired) electrons. The molecule has 4 nitrogen and oxygen atoms in total. The van der Waals surface area contributed by atoms with Crippen LogP contribution < -0.4 is 10.6 Å². The number of hydrogen-bond donors (Lipinski definition) is 2. The Bertz CT molecular complexity index is 792. The van der Waals surface area contributed by atoms with Crippen LogP contribution in [-0.4, -0.2) is 18.4 Å². The molecule has 7 heteroatoms. The summed E-state index contributed by atoms with van der Waals surface area (Å²) in [6.07, 6.45) is 1.65. The lowest BCUT2D eigenvalue weighted by Gasteiger charge is -2.09. The zero-order valence-electron chi connectivity index (χ0n) is 14.2. The third-order valence-corrected chi connectivity index (χ3v) is 3.83. The van der Waals surface area contributed by atoms with Crippen LogP contribution in [0.3, 0.4) is 0 Å². The van der Waals surface area contributed by atoms with Crippen molar-refractivity contribution in [3.05, 3.63) is 65.0 Å². The summed E-state index contributed by atoms with van der Waals surface area (Å²) in [5.74, 6) is -5.58. The first kappa shape index (κ1) is 19.5. The maximum absolute atomic E-state index is 13.5. The summed E-state index contributed by atoms with van der Waals surface area (Å²) in [4.78, 5) is 23.5. The van der Waals surface area contributed by atoms with E-state index in [0.717, 1.165) is 18.1 Å². The zero-order chi connectivity index (χ0) is 19.1. The molecule has 0 fully saturated rings. The molecule has 0 aliphatic heterocycles.